The topological polar surface area (TPSA) is 209 Å². The molecule has 4 aliphatic rings. The minimum atomic E-state index is -0.709. The first-order valence-corrected chi connectivity index (χ1v) is 19.4. The highest BCUT2D eigenvalue weighted by molar-refractivity contribution is 5.88. The smallest absolute Gasteiger partial charge is 0.345 e. The molecule has 0 unspecified atom stereocenters. The molecule has 5 amide bonds. The van der Waals surface area contributed by atoms with Crippen molar-refractivity contribution in [1.82, 2.24) is 25.4 Å². The quantitative estimate of drug-likeness (QED) is 0.0682. The molecule has 0 aromatic heterocycles. The molecule has 4 bridgehead atoms. The van der Waals surface area contributed by atoms with Crippen LogP contribution in [-0.2, 0) is 42.2 Å². The Morgan fingerprint density at radius 1 is 0.741 bits per heavy atom. The number of urea groups is 2. The fraction of sp³-hybridized carbons (Fsp3) is 0.450. The van der Waals surface area contributed by atoms with Crippen molar-refractivity contribution in [2.45, 2.75) is 89.8 Å². The molecule has 4 heterocycles. The lowest BCUT2D eigenvalue weighted by molar-refractivity contribution is -0.384. The molecule has 58 heavy (non-hydrogen) atoms. The zero-order chi connectivity index (χ0) is 41.4. The molecule has 7 rings (SSSR count). The molecular formula is C40H51N7O11. The first-order chi connectivity index (χ1) is 28.1. The molecule has 312 valence electrons. The van der Waals surface area contributed by atoms with Gasteiger partial charge in [-0.15, -0.1) is 0 Å². The normalized spacial score (nSPS) is 20.5. The van der Waals surface area contributed by atoms with Gasteiger partial charge in [0.25, 0.3) is 11.6 Å². The predicted octanol–water partition coefficient (Wildman–Crippen LogP) is 5.03. The number of non-ortho nitro benzene ring substituents is 1. The minimum Gasteiger partial charge on any atom is -0.425 e. The summed E-state index contributed by atoms with van der Waals surface area (Å²) in [6.07, 6.45) is 4.25. The van der Waals surface area contributed by atoms with Crippen LogP contribution in [0, 0.1) is 10.1 Å². The Bertz CT molecular complexity index is 1800. The molecule has 18 heteroatoms. The molecule has 0 aliphatic carbocycles. The number of hydrogen-bond acceptors (Lipinski definition) is 12. The van der Waals surface area contributed by atoms with Gasteiger partial charge >= 0.3 is 18.0 Å². The third-order valence-corrected chi connectivity index (χ3v) is 9.71. The summed E-state index contributed by atoms with van der Waals surface area (Å²) in [4.78, 5) is 84.0. The number of hydroxylamine groups is 5. The Hall–Kier alpha value is -5.66. The summed E-state index contributed by atoms with van der Waals surface area (Å²) < 4.78 is 5.34. The SMILES string of the molecule is CCCON.CCCONC(=O)[C@@H]1CC[C@@H]2CN1C(=O)N2OCc1ccccc1.O=C(Oc1ccc([N+](=O)[O-])cc1)[C@@H]1CC[C@@H]2CN1C(=O)N2OCc1ccccc1. The van der Waals surface area contributed by atoms with Gasteiger partial charge in [-0.2, -0.15) is 10.1 Å². The highest BCUT2D eigenvalue weighted by atomic mass is 16.7. The highest BCUT2D eigenvalue weighted by Crippen LogP contribution is 2.32. The van der Waals surface area contributed by atoms with Gasteiger partial charge in [0.15, 0.2) is 0 Å². The molecule has 4 aliphatic heterocycles. The van der Waals surface area contributed by atoms with Crippen LogP contribution in [0.3, 0.4) is 0 Å². The van der Waals surface area contributed by atoms with Gasteiger partial charge < -0.3 is 19.4 Å². The minimum absolute atomic E-state index is 0.00169. The van der Waals surface area contributed by atoms with Gasteiger partial charge in [0.1, 0.15) is 31.0 Å². The third-order valence-electron chi connectivity index (χ3n) is 9.71. The fourth-order valence-corrected chi connectivity index (χ4v) is 6.78. The number of benzene rings is 3. The zero-order valence-electron chi connectivity index (χ0n) is 32.7. The van der Waals surface area contributed by atoms with Crippen molar-refractivity contribution in [2.24, 2.45) is 5.90 Å². The van der Waals surface area contributed by atoms with Crippen LogP contribution in [-0.4, -0.2) is 99.3 Å². The molecule has 0 spiro atoms. The van der Waals surface area contributed by atoms with Crippen LogP contribution >= 0.6 is 0 Å². The second kappa shape index (κ2) is 21.8. The predicted molar refractivity (Wildman–Crippen MR) is 208 cm³/mol. The lowest BCUT2D eigenvalue weighted by Crippen LogP contribution is -2.49. The number of nitrogens with two attached hydrogens (primary N) is 1. The summed E-state index contributed by atoms with van der Waals surface area (Å²) in [5.41, 5.74) is 4.30. The van der Waals surface area contributed by atoms with E-state index in [9.17, 15) is 29.3 Å². The van der Waals surface area contributed by atoms with Gasteiger partial charge in [-0.25, -0.2) is 25.8 Å². The van der Waals surface area contributed by atoms with Gasteiger partial charge in [0, 0.05) is 25.2 Å². The summed E-state index contributed by atoms with van der Waals surface area (Å²) >= 11 is 0. The molecule has 3 aromatic carbocycles. The van der Waals surface area contributed by atoms with E-state index < -0.39 is 23.0 Å². The van der Waals surface area contributed by atoms with Crippen LogP contribution in [0.15, 0.2) is 84.9 Å². The van der Waals surface area contributed by atoms with Gasteiger partial charge in [-0.1, -0.05) is 74.5 Å². The van der Waals surface area contributed by atoms with Gasteiger partial charge in [0.05, 0.1) is 30.2 Å². The number of nitro benzene ring substituents is 1. The van der Waals surface area contributed by atoms with E-state index in [1.165, 1.54) is 39.3 Å². The Labute approximate surface area is 336 Å². The summed E-state index contributed by atoms with van der Waals surface area (Å²) in [5.74, 6) is 4.02. The van der Waals surface area contributed by atoms with E-state index in [2.05, 4.69) is 16.2 Å². The van der Waals surface area contributed by atoms with Crippen molar-refractivity contribution in [3.05, 3.63) is 106 Å². The van der Waals surface area contributed by atoms with Gasteiger partial charge in [-0.05, 0) is 61.8 Å². The van der Waals surface area contributed by atoms with Crippen molar-refractivity contribution >= 4 is 29.6 Å². The molecule has 3 N–H and O–H groups in total. The number of ether oxygens (including phenoxy) is 1. The molecule has 3 aromatic rings. The number of fused-ring (bicyclic) bond motifs is 4. The molecule has 4 fully saturated rings. The maximum atomic E-state index is 12.7. The molecule has 18 nitrogen and oxygen atoms in total. The van der Waals surface area contributed by atoms with Crippen molar-refractivity contribution in [3.63, 3.8) is 0 Å². The number of rotatable bonds is 15. The summed E-state index contributed by atoms with van der Waals surface area (Å²) in [7, 11) is 0. The van der Waals surface area contributed by atoms with Crippen molar-refractivity contribution in [1.29, 1.82) is 0 Å². The van der Waals surface area contributed by atoms with Crippen LogP contribution in [0.2, 0.25) is 0 Å². The number of esters is 1. The van der Waals surface area contributed by atoms with E-state index in [1.807, 2.05) is 74.5 Å². The lowest BCUT2D eigenvalue weighted by atomic mass is 10.0. The maximum absolute atomic E-state index is 12.7. The number of amides is 5. The van der Waals surface area contributed by atoms with Crippen molar-refractivity contribution < 1.29 is 48.2 Å². The summed E-state index contributed by atoms with van der Waals surface area (Å²) in [5, 5.41) is 13.5. The van der Waals surface area contributed by atoms with Crippen LogP contribution in [0.25, 0.3) is 0 Å². The standard InChI is InChI=1S/C20H19N3O6.C17H23N3O4.C3H9NO/c24-19(29-17-9-6-15(7-10-17)23(26)27)18-11-8-16-12-21(18)20(25)22(16)28-13-14-4-2-1-3-5-14;1-2-10-23-18-16(21)15-9-8-14-11-19(15)17(22)20(14)24-12-13-6-4-3-5-7-13;1-2-3-5-4/h1-7,9-10,16,18H,8,11-13H2;3-7,14-15H,2,8-12H2,1H3,(H,18,21);2-4H2,1H3/t16-,18+;14-,15+;/m11./s1. The Kier molecular flexibility index (Phi) is 16.3. The highest BCUT2D eigenvalue weighted by Gasteiger charge is 2.49. The number of piperidine rings is 2. The van der Waals surface area contributed by atoms with E-state index in [1.54, 1.807) is 4.90 Å². The first kappa shape index (κ1) is 43.5. The number of carbonyl (C=O) groups excluding carboxylic acids is 4. The van der Waals surface area contributed by atoms with Crippen LogP contribution < -0.4 is 16.1 Å². The fourth-order valence-electron chi connectivity index (χ4n) is 6.78. The maximum Gasteiger partial charge on any atom is 0.345 e. The van der Waals surface area contributed by atoms with Crippen molar-refractivity contribution in [2.75, 3.05) is 26.3 Å². The first-order valence-electron chi connectivity index (χ1n) is 19.4. The number of nitrogens with zero attached hydrogens (tertiary/aromatic N) is 5. The number of hydrogen-bond donors (Lipinski definition) is 2. The number of nitrogens with one attached hydrogen (secondary N) is 1. The van der Waals surface area contributed by atoms with Crippen LogP contribution in [0.4, 0.5) is 15.3 Å². The summed E-state index contributed by atoms with van der Waals surface area (Å²) in [6.45, 7) is 6.62. The van der Waals surface area contributed by atoms with E-state index in [0.717, 1.165) is 30.4 Å². The Morgan fingerprint density at radius 3 is 1.71 bits per heavy atom. The van der Waals surface area contributed by atoms with Crippen molar-refractivity contribution in [3.8, 4) is 5.75 Å². The average Bonchev–Trinajstić information content (AvgIpc) is 3.63. The van der Waals surface area contributed by atoms with E-state index in [4.69, 9.17) is 19.2 Å². The van der Waals surface area contributed by atoms with Gasteiger partial charge in [0.2, 0.25) is 0 Å². The molecule has 0 radical (unpaired) electrons. The monoisotopic (exact) mass is 805 g/mol. The zero-order valence-corrected chi connectivity index (χ0v) is 32.7. The molecule has 0 saturated carbocycles. The summed E-state index contributed by atoms with van der Waals surface area (Å²) in [6, 6.07) is 22.6. The van der Waals surface area contributed by atoms with Gasteiger partial charge in [-0.3, -0.25) is 29.4 Å². The lowest BCUT2D eigenvalue weighted by Gasteiger charge is -2.28. The average molecular weight is 806 g/mol. The Morgan fingerprint density at radius 2 is 1.24 bits per heavy atom. The second-order valence-electron chi connectivity index (χ2n) is 13.9. The second-order valence-corrected chi connectivity index (χ2v) is 13.9. The van der Waals surface area contributed by atoms with E-state index in [0.29, 0.717) is 52.2 Å². The molecule has 4 saturated heterocycles. The molecular weight excluding hydrogens is 754 g/mol. The Balaban J connectivity index is 0.000000201. The van der Waals surface area contributed by atoms with Crippen LogP contribution in [0.5, 0.6) is 5.75 Å². The van der Waals surface area contributed by atoms with Crippen LogP contribution in [0.1, 0.15) is 63.5 Å². The number of nitro groups is 1. The largest absolute Gasteiger partial charge is 0.425 e. The third kappa shape index (κ3) is 11.5. The number of carbonyl (C=O) groups is 4. The van der Waals surface area contributed by atoms with E-state index >= 15 is 0 Å². The molecule has 4 atom stereocenters. The van der Waals surface area contributed by atoms with E-state index in [-0.39, 0.29) is 48.1 Å².